The molecule has 4 saturated heterocycles. The molecule has 0 saturated carbocycles. The van der Waals surface area contributed by atoms with Crippen LogP contribution in [0.2, 0.25) is 0 Å². The number of carbonyl (C=O) groups excluding carboxylic acids is 3. The number of benzene rings is 2. The molecule has 15 heteroatoms. The van der Waals surface area contributed by atoms with Gasteiger partial charge in [-0.15, -0.1) is 0 Å². The van der Waals surface area contributed by atoms with Gasteiger partial charge in [0.25, 0.3) is 0 Å². The highest BCUT2D eigenvalue weighted by Crippen LogP contribution is 2.20. The minimum Gasteiger partial charge on any atom is -0.480 e. The minimum absolute atomic E-state index is 0. The van der Waals surface area contributed by atoms with Gasteiger partial charge in [0, 0.05) is 19.5 Å². The number of carboxylic acids is 3. The SMILES string of the molecule is C.O=C(O)C1CCN1.O=C(O)[C@@H]1CCN1C(=O)OCc1ccccc1.O=C(O)[C@H]1CCN1C(=O)OCc1ccccc1.O=C1CCCO1. The highest BCUT2D eigenvalue weighted by molar-refractivity contribution is 5.82. The van der Waals surface area contributed by atoms with Gasteiger partial charge in [-0.25, -0.2) is 19.2 Å². The Kier molecular flexibility index (Phi) is 16.4. The van der Waals surface area contributed by atoms with Crippen molar-refractivity contribution in [2.75, 3.05) is 26.2 Å². The number of ether oxygens (including phenoxy) is 3. The fourth-order valence-electron chi connectivity index (χ4n) is 4.30. The third kappa shape index (κ3) is 12.5. The average molecular weight is 674 g/mol. The number of aliphatic carboxylic acids is 3. The Hall–Kier alpha value is -5.18. The predicted octanol–water partition coefficient (Wildman–Crippen LogP) is 3.36. The van der Waals surface area contributed by atoms with Gasteiger partial charge in [-0.3, -0.25) is 19.4 Å². The fourth-order valence-corrected chi connectivity index (χ4v) is 4.30. The maximum absolute atomic E-state index is 11.6. The Morgan fingerprint density at radius 3 is 1.38 bits per heavy atom. The number of hydrogen-bond acceptors (Lipinski definition) is 10. The minimum atomic E-state index is -0.979. The normalized spacial score (nSPS) is 19.8. The number of esters is 1. The van der Waals surface area contributed by atoms with E-state index in [0.29, 0.717) is 39.0 Å². The molecule has 0 bridgehead atoms. The number of likely N-dealkylation sites (tertiary alicyclic amines) is 2. The van der Waals surface area contributed by atoms with Gasteiger partial charge < -0.3 is 34.8 Å². The van der Waals surface area contributed by atoms with E-state index in [-0.39, 0.29) is 32.7 Å². The summed E-state index contributed by atoms with van der Waals surface area (Å²) in [4.78, 5) is 66.9. The molecular weight excluding hydrogens is 630 g/mol. The van der Waals surface area contributed by atoms with Crippen LogP contribution in [-0.4, -0.2) is 106 Å². The highest BCUT2D eigenvalue weighted by atomic mass is 16.6. The van der Waals surface area contributed by atoms with Gasteiger partial charge in [0.2, 0.25) is 0 Å². The van der Waals surface area contributed by atoms with Gasteiger partial charge in [-0.2, -0.15) is 0 Å². The number of carbonyl (C=O) groups is 6. The molecule has 4 aliphatic rings. The highest BCUT2D eigenvalue weighted by Gasteiger charge is 2.39. The molecule has 0 aromatic heterocycles. The lowest BCUT2D eigenvalue weighted by molar-refractivity contribution is -0.147. The summed E-state index contributed by atoms with van der Waals surface area (Å²) in [6.45, 7) is 2.73. The number of rotatable bonds is 7. The van der Waals surface area contributed by atoms with Crippen molar-refractivity contribution in [2.45, 2.75) is 70.9 Å². The molecule has 2 aromatic rings. The Morgan fingerprint density at radius 2 is 1.17 bits per heavy atom. The van der Waals surface area contributed by atoms with Crippen molar-refractivity contribution < 1.29 is 58.3 Å². The fraction of sp³-hybridized carbons (Fsp3) is 0.455. The van der Waals surface area contributed by atoms with Crippen molar-refractivity contribution in [1.29, 1.82) is 0 Å². The van der Waals surface area contributed by atoms with Crippen molar-refractivity contribution in [3.05, 3.63) is 71.8 Å². The predicted molar refractivity (Wildman–Crippen MR) is 170 cm³/mol. The third-order valence-electron chi connectivity index (χ3n) is 7.40. The molecular formula is C33H43N3O12. The maximum atomic E-state index is 11.6. The molecule has 0 spiro atoms. The van der Waals surface area contributed by atoms with E-state index in [0.717, 1.165) is 30.5 Å². The smallest absolute Gasteiger partial charge is 0.410 e. The third-order valence-corrected chi connectivity index (χ3v) is 7.40. The molecule has 0 aliphatic carbocycles. The molecule has 48 heavy (non-hydrogen) atoms. The van der Waals surface area contributed by atoms with Crippen LogP contribution in [0.4, 0.5) is 9.59 Å². The first-order valence-electron chi connectivity index (χ1n) is 15.1. The van der Waals surface area contributed by atoms with E-state index in [9.17, 15) is 28.8 Å². The van der Waals surface area contributed by atoms with Crippen LogP contribution < -0.4 is 5.32 Å². The largest absolute Gasteiger partial charge is 0.480 e. The molecule has 4 heterocycles. The van der Waals surface area contributed by atoms with E-state index in [1.165, 1.54) is 9.80 Å². The van der Waals surface area contributed by atoms with Gasteiger partial charge in [-0.05, 0) is 43.4 Å². The number of carboxylic acid groups (broad SMARTS) is 3. The van der Waals surface area contributed by atoms with Crippen LogP contribution >= 0.6 is 0 Å². The number of amides is 2. The summed E-state index contributed by atoms with van der Waals surface area (Å²) in [7, 11) is 0. The van der Waals surface area contributed by atoms with Gasteiger partial charge in [0.1, 0.15) is 31.3 Å². The first kappa shape index (κ1) is 39.0. The standard InChI is InChI=1S/2C12H13NO4.C4H7NO2.C4H6O2.CH4/c2*14-11(15)10-6-7-13(10)12(16)17-8-9-4-2-1-3-5-9;6-4(7)3-1-2-5-3;5-4-2-1-3-6-4;/h2*1-5,10H,6-8H2,(H,14,15);3,5H,1-2H2,(H,6,7);1-3H2;1H4/t2*10-;;;/m10.../s1. The van der Waals surface area contributed by atoms with E-state index < -0.39 is 42.2 Å². The zero-order valence-electron chi connectivity index (χ0n) is 25.7. The molecule has 15 nitrogen and oxygen atoms in total. The van der Waals surface area contributed by atoms with Crippen molar-refractivity contribution in [3.63, 3.8) is 0 Å². The van der Waals surface area contributed by atoms with Crippen LogP contribution in [0.5, 0.6) is 0 Å². The molecule has 3 atom stereocenters. The Labute approximate surface area is 278 Å². The lowest BCUT2D eigenvalue weighted by Crippen LogP contribution is -2.55. The molecule has 4 N–H and O–H groups in total. The van der Waals surface area contributed by atoms with E-state index in [2.05, 4.69) is 10.1 Å². The molecule has 1 unspecified atom stereocenters. The van der Waals surface area contributed by atoms with Gasteiger partial charge >= 0.3 is 36.1 Å². The number of cyclic esters (lactones) is 1. The van der Waals surface area contributed by atoms with Crippen LogP contribution in [0.15, 0.2) is 60.7 Å². The second kappa shape index (κ2) is 20.1. The molecule has 262 valence electrons. The lowest BCUT2D eigenvalue weighted by atomic mass is 10.1. The van der Waals surface area contributed by atoms with Crippen molar-refractivity contribution in [1.82, 2.24) is 15.1 Å². The molecule has 4 aliphatic heterocycles. The quantitative estimate of drug-likeness (QED) is 0.246. The van der Waals surface area contributed by atoms with Gasteiger partial charge in [0.05, 0.1) is 6.61 Å². The summed E-state index contributed by atoms with van der Waals surface area (Å²) in [5.41, 5.74) is 1.77. The van der Waals surface area contributed by atoms with E-state index >= 15 is 0 Å². The summed E-state index contributed by atoms with van der Waals surface area (Å²) in [5.74, 6) is -2.73. The maximum Gasteiger partial charge on any atom is 0.410 e. The number of nitrogens with one attached hydrogen (secondary N) is 1. The molecule has 2 amide bonds. The summed E-state index contributed by atoms with van der Waals surface area (Å²) in [6, 6.07) is 16.9. The summed E-state index contributed by atoms with van der Waals surface area (Å²) >= 11 is 0. The van der Waals surface area contributed by atoms with E-state index in [1.54, 1.807) is 0 Å². The zero-order chi connectivity index (χ0) is 34.2. The van der Waals surface area contributed by atoms with Crippen molar-refractivity contribution in [3.8, 4) is 0 Å². The van der Waals surface area contributed by atoms with Crippen LogP contribution in [0.3, 0.4) is 0 Å². The second-order valence-electron chi connectivity index (χ2n) is 10.7. The van der Waals surface area contributed by atoms with E-state index in [1.807, 2.05) is 60.7 Å². The topological polar surface area (TPSA) is 209 Å². The molecule has 2 aromatic carbocycles. The van der Waals surface area contributed by atoms with Crippen molar-refractivity contribution in [2.24, 2.45) is 0 Å². The van der Waals surface area contributed by atoms with Crippen LogP contribution in [0.25, 0.3) is 0 Å². The van der Waals surface area contributed by atoms with Crippen molar-refractivity contribution >= 4 is 36.1 Å². The van der Waals surface area contributed by atoms with Gasteiger partial charge in [0.15, 0.2) is 0 Å². The van der Waals surface area contributed by atoms with Crippen LogP contribution in [0, 0.1) is 0 Å². The number of hydrogen-bond donors (Lipinski definition) is 4. The summed E-state index contributed by atoms with van der Waals surface area (Å²) in [6.07, 6.45) is 2.19. The first-order valence-corrected chi connectivity index (χ1v) is 15.1. The first-order chi connectivity index (χ1) is 22.6. The second-order valence-corrected chi connectivity index (χ2v) is 10.7. The Bertz CT molecular complexity index is 1260. The molecule has 6 rings (SSSR count). The number of nitrogens with zero attached hydrogens (tertiary/aromatic N) is 2. The summed E-state index contributed by atoms with van der Waals surface area (Å²) < 4.78 is 14.6. The Morgan fingerprint density at radius 1 is 0.729 bits per heavy atom. The average Bonchev–Trinajstić information content (AvgIpc) is 3.45. The molecule has 0 radical (unpaired) electrons. The zero-order valence-corrected chi connectivity index (χ0v) is 25.7. The Balaban J connectivity index is 0.000000241. The van der Waals surface area contributed by atoms with E-state index in [4.69, 9.17) is 24.8 Å². The summed E-state index contributed by atoms with van der Waals surface area (Å²) in [5, 5.41) is 28.5. The lowest BCUT2D eigenvalue weighted by Gasteiger charge is -2.36. The molecule has 4 fully saturated rings. The van der Waals surface area contributed by atoms with Crippen LogP contribution in [-0.2, 0) is 46.6 Å². The van der Waals surface area contributed by atoms with Crippen LogP contribution in [0.1, 0.15) is 50.7 Å². The monoisotopic (exact) mass is 673 g/mol. The van der Waals surface area contributed by atoms with Gasteiger partial charge in [-0.1, -0.05) is 68.1 Å².